The molecule has 84 valence electrons. The number of halogens is 1. The van der Waals surface area contributed by atoms with Gasteiger partial charge in [-0.2, -0.15) is 0 Å². The Kier molecular flexibility index (Phi) is 2.07. The van der Waals surface area contributed by atoms with Crippen molar-refractivity contribution in [2.75, 3.05) is 0 Å². The second-order valence-corrected chi connectivity index (χ2v) is 5.25. The van der Waals surface area contributed by atoms with E-state index < -0.39 is 5.60 Å². The van der Waals surface area contributed by atoms with Crippen molar-refractivity contribution in [2.45, 2.75) is 24.9 Å². The van der Waals surface area contributed by atoms with Crippen molar-refractivity contribution >= 4 is 22.5 Å². The molecule has 1 aliphatic carbocycles. The van der Waals surface area contributed by atoms with Crippen LogP contribution in [0.2, 0.25) is 5.02 Å². The fourth-order valence-corrected chi connectivity index (χ4v) is 2.50. The number of aliphatic hydroxyl groups is 1. The molecule has 1 aromatic carbocycles. The van der Waals surface area contributed by atoms with Crippen LogP contribution in [0.5, 0.6) is 0 Å². The molecule has 1 N–H and O–H groups in total. The highest BCUT2D eigenvalue weighted by atomic mass is 35.5. The van der Waals surface area contributed by atoms with E-state index in [1.165, 1.54) is 5.56 Å². The lowest BCUT2D eigenvalue weighted by Crippen LogP contribution is -2.10. The summed E-state index contributed by atoms with van der Waals surface area (Å²) in [6.07, 6.45) is 4.53. The topological polar surface area (TPSA) is 25.2 Å². The van der Waals surface area contributed by atoms with Crippen LogP contribution < -0.4 is 0 Å². The van der Waals surface area contributed by atoms with E-state index in [4.69, 9.17) is 11.6 Å². The standard InChI is InChI=1S/C13H14ClNO/c1-15-8-11(14)10-3-2-9(6-12(10)15)7-13(16)4-5-13/h2-3,6,8,16H,4-5,7H2,1H3. The Labute approximate surface area is 99.4 Å². The van der Waals surface area contributed by atoms with Crippen LogP contribution in [-0.4, -0.2) is 15.3 Å². The van der Waals surface area contributed by atoms with Crippen LogP contribution in [0.1, 0.15) is 18.4 Å². The van der Waals surface area contributed by atoms with E-state index in [0.29, 0.717) is 0 Å². The molecule has 16 heavy (non-hydrogen) atoms. The summed E-state index contributed by atoms with van der Waals surface area (Å²) in [5, 5.41) is 11.8. The second-order valence-electron chi connectivity index (χ2n) is 4.84. The van der Waals surface area contributed by atoms with Gasteiger partial charge in [-0.05, 0) is 24.5 Å². The first kappa shape index (κ1) is 10.2. The monoisotopic (exact) mass is 235 g/mol. The molecular formula is C13H14ClNO. The molecular weight excluding hydrogens is 222 g/mol. The van der Waals surface area contributed by atoms with E-state index >= 15 is 0 Å². The summed E-state index contributed by atoms with van der Waals surface area (Å²) in [6, 6.07) is 6.22. The predicted molar refractivity (Wildman–Crippen MR) is 65.8 cm³/mol. The third kappa shape index (κ3) is 1.62. The fourth-order valence-electron chi connectivity index (χ4n) is 2.19. The number of hydrogen-bond donors (Lipinski definition) is 1. The molecule has 3 rings (SSSR count). The van der Waals surface area contributed by atoms with E-state index in [1.807, 2.05) is 23.9 Å². The first-order valence-corrected chi connectivity index (χ1v) is 5.91. The van der Waals surface area contributed by atoms with Gasteiger partial charge < -0.3 is 9.67 Å². The summed E-state index contributed by atoms with van der Waals surface area (Å²) in [4.78, 5) is 0. The van der Waals surface area contributed by atoms with Crippen molar-refractivity contribution in [1.29, 1.82) is 0 Å². The van der Waals surface area contributed by atoms with E-state index in [-0.39, 0.29) is 0 Å². The van der Waals surface area contributed by atoms with Crippen molar-refractivity contribution in [3.63, 3.8) is 0 Å². The van der Waals surface area contributed by atoms with Gasteiger partial charge in [-0.3, -0.25) is 0 Å². The average Bonchev–Trinajstić information content (AvgIpc) is 2.88. The zero-order valence-corrected chi connectivity index (χ0v) is 9.96. The molecule has 1 fully saturated rings. The van der Waals surface area contributed by atoms with Crippen molar-refractivity contribution in [3.05, 3.63) is 35.0 Å². The molecule has 0 unspecified atom stereocenters. The maximum Gasteiger partial charge on any atom is 0.0690 e. The predicted octanol–water partition coefficient (Wildman–Crippen LogP) is 2.90. The molecule has 1 saturated carbocycles. The molecule has 1 heterocycles. The quantitative estimate of drug-likeness (QED) is 0.851. The average molecular weight is 236 g/mol. The van der Waals surface area contributed by atoms with E-state index in [2.05, 4.69) is 12.1 Å². The van der Waals surface area contributed by atoms with Gasteiger partial charge in [0.05, 0.1) is 10.6 Å². The largest absolute Gasteiger partial charge is 0.390 e. The minimum Gasteiger partial charge on any atom is -0.390 e. The first-order valence-electron chi connectivity index (χ1n) is 5.53. The summed E-state index contributed by atoms with van der Waals surface area (Å²) in [6.45, 7) is 0. The smallest absolute Gasteiger partial charge is 0.0690 e. The second kappa shape index (κ2) is 3.25. The maximum absolute atomic E-state index is 9.90. The van der Waals surface area contributed by atoms with Crippen LogP contribution >= 0.6 is 11.6 Å². The number of aryl methyl sites for hydroxylation is 1. The fraction of sp³-hybridized carbons (Fsp3) is 0.385. The van der Waals surface area contributed by atoms with Crippen molar-refractivity contribution in [3.8, 4) is 0 Å². The zero-order valence-electron chi connectivity index (χ0n) is 9.20. The number of aromatic nitrogens is 1. The number of rotatable bonds is 2. The van der Waals surface area contributed by atoms with E-state index in [1.54, 1.807) is 0 Å². The van der Waals surface area contributed by atoms with Crippen LogP contribution in [0.3, 0.4) is 0 Å². The molecule has 0 radical (unpaired) electrons. The number of hydrogen-bond acceptors (Lipinski definition) is 1. The molecule has 0 bridgehead atoms. The highest BCUT2D eigenvalue weighted by Crippen LogP contribution is 2.38. The SMILES string of the molecule is Cn1cc(Cl)c2ccc(CC3(O)CC3)cc21. The van der Waals surface area contributed by atoms with Crippen LogP contribution in [0.25, 0.3) is 10.9 Å². The van der Waals surface area contributed by atoms with Gasteiger partial charge in [-0.25, -0.2) is 0 Å². The molecule has 0 spiro atoms. The number of fused-ring (bicyclic) bond motifs is 1. The Bertz CT molecular complexity index is 554. The van der Waals surface area contributed by atoms with Gasteiger partial charge in [0.2, 0.25) is 0 Å². The molecule has 1 aromatic heterocycles. The minimum absolute atomic E-state index is 0.428. The van der Waals surface area contributed by atoms with Crippen molar-refractivity contribution in [1.82, 2.24) is 4.57 Å². The van der Waals surface area contributed by atoms with Gasteiger partial charge in [0.25, 0.3) is 0 Å². The lowest BCUT2D eigenvalue weighted by atomic mass is 10.1. The van der Waals surface area contributed by atoms with E-state index in [9.17, 15) is 5.11 Å². The molecule has 2 nitrogen and oxygen atoms in total. The molecule has 0 amide bonds. The third-order valence-electron chi connectivity index (χ3n) is 3.37. The van der Waals surface area contributed by atoms with Gasteiger partial charge in [-0.15, -0.1) is 0 Å². The summed E-state index contributed by atoms with van der Waals surface area (Å²) >= 11 is 6.11. The Balaban J connectivity index is 2.04. The van der Waals surface area contributed by atoms with Crippen LogP contribution in [-0.2, 0) is 13.5 Å². The normalized spacial score (nSPS) is 17.9. The first-order chi connectivity index (χ1) is 7.57. The summed E-state index contributed by atoms with van der Waals surface area (Å²) in [5.74, 6) is 0. The lowest BCUT2D eigenvalue weighted by Gasteiger charge is -2.08. The number of benzene rings is 1. The molecule has 1 aliphatic rings. The van der Waals surface area contributed by atoms with Crippen molar-refractivity contribution < 1.29 is 5.11 Å². The minimum atomic E-state index is -0.428. The van der Waals surface area contributed by atoms with Crippen LogP contribution in [0.15, 0.2) is 24.4 Å². The van der Waals surface area contributed by atoms with Crippen LogP contribution in [0, 0.1) is 0 Å². The Hall–Kier alpha value is -0.990. The maximum atomic E-state index is 9.90. The Morgan fingerprint density at radius 2 is 2.19 bits per heavy atom. The highest BCUT2D eigenvalue weighted by Gasteiger charge is 2.40. The van der Waals surface area contributed by atoms with Gasteiger partial charge in [0.1, 0.15) is 0 Å². The van der Waals surface area contributed by atoms with Gasteiger partial charge in [0, 0.05) is 30.6 Å². The highest BCUT2D eigenvalue weighted by molar-refractivity contribution is 6.35. The third-order valence-corrected chi connectivity index (χ3v) is 3.67. The Morgan fingerprint density at radius 1 is 1.44 bits per heavy atom. The number of nitrogens with zero attached hydrogens (tertiary/aromatic N) is 1. The summed E-state index contributed by atoms with van der Waals surface area (Å²) in [5.41, 5.74) is 1.89. The van der Waals surface area contributed by atoms with E-state index in [0.717, 1.165) is 35.2 Å². The van der Waals surface area contributed by atoms with Gasteiger partial charge in [-0.1, -0.05) is 23.7 Å². The zero-order chi connectivity index (χ0) is 11.3. The van der Waals surface area contributed by atoms with Crippen LogP contribution in [0.4, 0.5) is 0 Å². The van der Waals surface area contributed by atoms with Gasteiger partial charge >= 0.3 is 0 Å². The van der Waals surface area contributed by atoms with Crippen molar-refractivity contribution in [2.24, 2.45) is 7.05 Å². The molecule has 2 aromatic rings. The summed E-state index contributed by atoms with van der Waals surface area (Å²) in [7, 11) is 1.99. The molecule has 3 heteroatoms. The molecule has 0 atom stereocenters. The molecule has 0 aliphatic heterocycles. The Morgan fingerprint density at radius 3 is 2.88 bits per heavy atom. The molecule has 0 saturated heterocycles. The van der Waals surface area contributed by atoms with Gasteiger partial charge in [0.15, 0.2) is 0 Å². The summed E-state index contributed by atoms with van der Waals surface area (Å²) < 4.78 is 2.03. The lowest BCUT2D eigenvalue weighted by molar-refractivity contribution is 0.151.